The molecule has 0 unspecified atom stereocenters. The number of benzene rings is 1. The highest BCUT2D eigenvalue weighted by Gasteiger charge is 2.27. The Balaban J connectivity index is 2.75. The average molecular weight is 263 g/mol. The van der Waals surface area contributed by atoms with Crippen molar-refractivity contribution in [2.24, 2.45) is 11.3 Å². The number of hydrogen-bond donors (Lipinski definition) is 1. The van der Waals surface area contributed by atoms with E-state index >= 15 is 0 Å². The van der Waals surface area contributed by atoms with Crippen LogP contribution in [-0.4, -0.2) is 20.2 Å². The standard InChI is InChI=1S/C17H29NO/c1-6-17(3,4)15(13-18-7-2)12-14-8-10-16(19-5)11-9-14/h8-11,15,18H,6-7,12-13H2,1-5H3/t15-/m1/s1. The lowest BCUT2D eigenvalue weighted by molar-refractivity contribution is 0.197. The fraction of sp³-hybridized carbons (Fsp3) is 0.647. The van der Waals surface area contributed by atoms with Crippen LogP contribution >= 0.6 is 0 Å². The molecule has 1 aromatic rings. The van der Waals surface area contributed by atoms with Gasteiger partial charge in [-0.05, 0) is 48.5 Å². The molecule has 0 aromatic heterocycles. The summed E-state index contributed by atoms with van der Waals surface area (Å²) in [6.45, 7) is 11.3. The quantitative estimate of drug-likeness (QED) is 0.768. The Labute approximate surface area is 118 Å². The highest BCUT2D eigenvalue weighted by Crippen LogP contribution is 2.33. The number of nitrogens with one attached hydrogen (secondary N) is 1. The third kappa shape index (κ3) is 4.87. The van der Waals surface area contributed by atoms with Gasteiger partial charge in [0.05, 0.1) is 7.11 Å². The van der Waals surface area contributed by atoms with E-state index in [0.717, 1.165) is 25.3 Å². The van der Waals surface area contributed by atoms with Crippen molar-refractivity contribution < 1.29 is 4.74 Å². The molecular weight excluding hydrogens is 234 g/mol. The summed E-state index contributed by atoms with van der Waals surface area (Å²) in [6, 6.07) is 8.48. The maximum Gasteiger partial charge on any atom is 0.118 e. The molecule has 0 bridgehead atoms. The van der Waals surface area contributed by atoms with Gasteiger partial charge in [-0.25, -0.2) is 0 Å². The second-order valence-corrected chi connectivity index (χ2v) is 5.90. The summed E-state index contributed by atoms with van der Waals surface area (Å²) in [7, 11) is 1.71. The van der Waals surface area contributed by atoms with E-state index in [1.807, 2.05) is 0 Å². The molecule has 19 heavy (non-hydrogen) atoms. The molecule has 1 aromatic carbocycles. The van der Waals surface area contributed by atoms with Gasteiger partial charge in [0, 0.05) is 0 Å². The monoisotopic (exact) mass is 263 g/mol. The van der Waals surface area contributed by atoms with Crippen molar-refractivity contribution in [1.29, 1.82) is 0 Å². The van der Waals surface area contributed by atoms with Crippen LogP contribution in [0.2, 0.25) is 0 Å². The fourth-order valence-electron chi connectivity index (χ4n) is 2.28. The molecular formula is C17H29NO. The maximum absolute atomic E-state index is 5.22. The van der Waals surface area contributed by atoms with Crippen LogP contribution < -0.4 is 10.1 Å². The van der Waals surface area contributed by atoms with Crippen LogP contribution in [0.5, 0.6) is 5.75 Å². The van der Waals surface area contributed by atoms with Crippen molar-refractivity contribution in [2.75, 3.05) is 20.2 Å². The Morgan fingerprint density at radius 1 is 1.16 bits per heavy atom. The minimum atomic E-state index is 0.363. The summed E-state index contributed by atoms with van der Waals surface area (Å²) in [5, 5.41) is 3.51. The molecule has 2 heteroatoms. The number of ether oxygens (including phenoxy) is 1. The zero-order chi connectivity index (χ0) is 14.3. The van der Waals surface area contributed by atoms with Crippen LogP contribution in [0.3, 0.4) is 0 Å². The van der Waals surface area contributed by atoms with E-state index in [9.17, 15) is 0 Å². The molecule has 0 heterocycles. The third-order valence-corrected chi connectivity index (χ3v) is 4.30. The lowest BCUT2D eigenvalue weighted by Crippen LogP contribution is -2.34. The normalized spacial score (nSPS) is 13.3. The Morgan fingerprint density at radius 2 is 1.79 bits per heavy atom. The molecule has 0 amide bonds. The predicted octanol–water partition coefficient (Wildman–Crippen LogP) is 3.90. The van der Waals surface area contributed by atoms with Gasteiger partial charge in [0.2, 0.25) is 0 Å². The van der Waals surface area contributed by atoms with Gasteiger partial charge in [0.25, 0.3) is 0 Å². The molecule has 1 atom stereocenters. The molecule has 108 valence electrons. The topological polar surface area (TPSA) is 21.3 Å². The second-order valence-electron chi connectivity index (χ2n) is 5.90. The van der Waals surface area contributed by atoms with E-state index in [1.54, 1.807) is 7.11 Å². The lowest BCUT2D eigenvalue weighted by Gasteiger charge is -2.34. The predicted molar refractivity (Wildman–Crippen MR) is 82.8 cm³/mol. The van der Waals surface area contributed by atoms with Crippen molar-refractivity contribution in [3.8, 4) is 5.75 Å². The highest BCUT2D eigenvalue weighted by atomic mass is 16.5. The fourth-order valence-corrected chi connectivity index (χ4v) is 2.28. The molecule has 0 aliphatic carbocycles. The van der Waals surface area contributed by atoms with Crippen LogP contribution in [0.4, 0.5) is 0 Å². The van der Waals surface area contributed by atoms with E-state index in [1.165, 1.54) is 12.0 Å². The van der Waals surface area contributed by atoms with Crippen LogP contribution in [0.15, 0.2) is 24.3 Å². The zero-order valence-electron chi connectivity index (χ0n) is 13.1. The highest BCUT2D eigenvalue weighted by molar-refractivity contribution is 5.27. The van der Waals surface area contributed by atoms with Gasteiger partial charge in [-0.2, -0.15) is 0 Å². The van der Waals surface area contributed by atoms with E-state index in [-0.39, 0.29) is 0 Å². The second kappa shape index (κ2) is 7.54. The van der Waals surface area contributed by atoms with Crippen molar-refractivity contribution in [3.05, 3.63) is 29.8 Å². The number of hydrogen-bond acceptors (Lipinski definition) is 2. The average Bonchev–Trinajstić information content (AvgIpc) is 2.43. The summed E-state index contributed by atoms with van der Waals surface area (Å²) >= 11 is 0. The summed E-state index contributed by atoms with van der Waals surface area (Å²) in [5.74, 6) is 1.59. The summed E-state index contributed by atoms with van der Waals surface area (Å²) in [5.41, 5.74) is 1.76. The molecule has 0 fully saturated rings. The van der Waals surface area contributed by atoms with Gasteiger partial charge in [-0.3, -0.25) is 0 Å². The van der Waals surface area contributed by atoms with Gasteiger partial charge in [-0.1, -0.05) is 46.2 Å². The lowest BCUT2D eigenvalue weighted by atomic mass is 9.73. The van der Waals surface area contributed by atoms with Gasteiger partial charge in [-0.15, -0.1) is 0 Å². The van der Waals surface area contributed by atoms with Gasteiger partial charge in [0.1, 0.15) is 5.75 Å². The minimum Gasteiger partial charge on any atom is -0.497 e. The van der Waals surface area contributed by atoms with Crippen molar-refractivity contribution in [2.45, 2.75) is 40.5 Å². The van der Waals surface area contributed by atoms with Crippen LogP contribution in [0.1, 0.15) is 39.7 Å². The first-order valence-electron chi connectivity index (χ1n) is 7.37. The molecule has 0 aliphatic heterocycles. The van der Waals surface area contributed by atoms with E-state index in [4.69, 9.17) is 4.74 Å². The molecule has 2 nitrogen and oxygen atoms in total. The molecule has 0 aliphatic rings. The first-order valence-corrected chi connectivity index (χ1v) is 7.37. The molecule has 1 N–H and O–H groups in total. The minimum absolute atomic E-state index is 0.363. The molecule has 1 rings (SSSR count). The smallest absolute Gasteiger partial charge is 0.118 e. The first-order chi connectivity index (χ1) is 9.03. The van der Waals surface area contributed by atoms with Gasteiger partial charge in [0.15, 0.2) is 0 Å². The summed E-state index contributed by atoms with van der Waals surface area (Å²) in [4.78, 5) is 0. The van der Waals surface area contributed by atoms with Crippen molar-refractivity contribution >= 4 is 0 Å². The van der Waals surface area contributed by atoms with Crippen molar-refractivity contribution in [3.63, 3.8) is 0 Å². The Kier molecular flexibility index (Phi) is 6.36. The van der Waals surface area contributed by atoms with Crippen LogP contribution in [0.25, 0.3) is 0 Å². The SMILES string of the molecule is CCNC[C@@H](Cc1ccc(OC)cc1)C(C)(C)CC. The Hall–Kier alpha value is -1.02. The molecule has 0 saturated heterocycles. The van der Waals surface area contributed by atoms with E-state index in [2.05, 4.69) is 57.3 Å². The number of methoxy groups -OCH3 is 1. The Bertz CT molecular complexity index is 356. The number of rotatable bonds is 8. The molecule has 0 spiro atoms. The largest absolute Gasteiger partial charge is 0.497 e. The van der Waals surface area contributed by atoms with E-state index < -0.39 is 0 Å². The van der Waals surface area contributed by atoms with Crippen molar-refractivity contribution in [1.82, 2.24) is 5.32 Å². The maximum atomic E-state index is 5.22. The first kappa shape index (κ1) is 16.0. The summed E-state index contributed by atoms with van der Waals surface area (Å²) < 4.78 is 5.22. The Morgan fingerprint density at radius 3 is 2.26 bits per heavy atom. The van der Waals surface area contributed by atoms with Gasteiger partial charge >= 0.3 is 0 Å². The van der Waals surface area contributed by atoms with Gasteiger partial charge < -0.3 is 10.1 Å². The molecule has 0 radical (unpaired) electrons. The van der Waals surface area contributed by atoms with Crippen LogP contribution in [0, 0.1) is 11.3 Å². The molecule has 0 saturated carbocycles. The van der Waals surface area contributed by atoms with Crippen LogP contribution in [-0.2, 0) is 6.42 Å². The zero-order valence-corrected chi connectivity index (χ0v) is 13.1. The third-order valence-electron chi connectivity index (χ3n) is 4.30. The van der Waals surface area contributed by atoms with E-state index in [0.29, 0.717) is 11.3 Å². The summed E-state index contributed by atoms with van der Waals surface area (Å²) in [6.07, 6.45) is 2.33.